The molecule has 1 rings (SSSR count). The van der Waals surface area contributed by atoms with Crippen LogP contribution in [0.2, 0.25) is 0 Å². The Morgan fingerprint density at radius 2 is 1.76 bits per heavy atom. The zero-order valence-electron chi connectivity index (χ0n) is 10.5. The minimum absolute atomic E-state index is 0.142. The summed E-state index contributed by atoms with van der Waals surface area (Å²) in [7, 11) is 0. The molecule has 0 spiro atoms. The van der Waals surface area contributed by atoms with Gasteiger partial charge in [-0.3, -0.25) is 0 Å². The van der Waals surface area contributed by atoms with Crippen LogP contribution in [-0.2, 0) is 6.18 Å². The van der Waals surface area contributed by atoms with Crippen LogP contribution in [0.15, 0.2) is 18.2 Å². The van der Waals surface area contributed by atoms with E-state index < -0.39 is 11.7 Å². The van der Waals surface area contributed by atoms with Crippen LogP contribution in [0.3, 0.4) is 0 Å². The summed E-state index contributed by atoms with van der Waals surface area (Å²) < 4.78 is 38.7. The second kappa shape index (κ2) is 4.94. The standard InChI is InChI=1S/C14H17F3/c1-5-6-11-8-12(9(2)3)13(7-10(11)4)14(15,16)17/h5-9H,1-4H3/b6-5-. The minimum atomic E-state index is -4.28. The van der Waals surface area contributed by atoms with Crippen LogP contribution in [-0.4, -0.2) is 0 Å². The fourth-order valence-electron chi connectivity index (χ4n) is 1.82. The highest BCUT2D eigenvalue weighted by Crippen LogP contribution is 2.37. The van der Waals surface area contributed by atoms with E-state index in [0.29, 0.717) is 11.1 Å². The van der Waals surface area contributed by atoms with Gasteiger partial charge in [0, 0.05) is 0 Å². The third-order valence-electron chi connectivity index (χ3n) is 2.71. The smallest absolute Gasteiger partial charge is 0.166 e. The lowest BCUT2D eigenvalue weighted by Crippen LogP contribution is -2.11. The van der Waals surface area contributed by atoms with Crippen LogP contribution in [0.25, 0.3) is 6.08 Å². The molecule has 0 aromatic heterocycles. The van der Waals surface area contributed by atoms with Crippen molar-refractivity contribution in [3.05, 3.63) is 40.5 Å². The van der Waals surface area contributed by atoms with Crippen molar-refractivity contribution in [2.75, 3.05) is 0 Å². The van der Waals surface area contributed by atoms with Crippen molar-refractivity contribution in [3.8, 4) is 0 Å². The highest BCUT2D eigenvalue weighted by Gasteiger charge is 2.34. The number of hydrogen-bond acceptors (Lipinski definition) is 0. The zero-order valence-corrected chi connectivity index (χ0v) is 10.5. The third kappa shape index (κ3) is 3.11. The first-order valence-electron chi connectivity index (χ1n) is 5.61. The van der Waals surface area contributed by atoms with Crippen LogP contribution in [0.4, 0.5) is 13.2 Å². The minimum Gasteiger partial charge on any atom is -0.166 e. The van der Waals surface area contributed by atoms with Crippen molar-refractivity contribution in [1.29, 1.82) is 0 Å². The Balaban J connectivity index is 3.47. The molecule has 0 fully saturated rings. The van der Waals surface area contributed by atoms with E-state index in [2.05, 4.69) is 0 Å². The van der Waals surface area contributed by atoms with Crippen LogP contribution in [0.1, 0.15) is 48.9 Å². The maximum absolute atomic E-state index is 12.9. The van der Waals surface area contributed by atoms with Crippen molar-refractivity contribution in [2.24, 2.45) is 0 Å². The fourth-order valence-corrected chi connectivity index (χ4v) is 1.82. The van der Waals surface area contributed by atoms with Crippen molar-refractivity contribution < 1.29 is 13.2 Å². The molecule has 0 amide bonds. The summed E-state index contributed by atoms with van der Waals surface area (Å²) in [5.74, 6) is -0.142. The summed E-state index contributed by atoms with van der Waals surface area (Å²) in [6.45, 7) is 7.11. The first-order valence-corrected chi connectivity index (χ1v) is 5.61. The molecular weight excluding hydrogens is 225 g/mol. The second-order valence-electron chi connectivity index (χ2n) is 4.45. The lowest BCUT2D eigenvalue weighted by molar-refractivity contribution is -0.138. The Morgan fingerprint density at radius 1 is 1.18 bits per heavy atom. The SMILES string of the molecule is C/C=C\c1cc(C(C)C)c(C(F)(F)F)cc1C. The van der Waals surface area contributed by atoms with Gasteiger partial charge in [-0.25, -0.2) is 0 Å². The third-order valence-corrected chi connectivity index (χ3v) is 2.71. The molecule has 0 aliphatic heterocycles. The van der Waals surface area contributed by atoms with Gasteiger partial charge in [0.05, 0.1) is 5.56 Å². The molecule has 0 bridgehead atoms. The van der Waals surface area contributed by atoms with Gasteiger partial charge in [-0.15, -0.1) is 0 Å². The van der Waals surface area contributed by atoms with E-state index >= 15 is 0 Å². The molecule has 0 saturated carbocycles. The van der Waals surface area contributed by atoms with Crippen LogP contribution in [0.5, 0.6) is 0 Å². The first kappa shape index (κ1) is 13.8. The predicted molar refractivity (Wildman–Crippen MR) is 65.0 cm³/mol. The lowest BCUT2D eigenvalue weighted by Gasteiger charge is -2.18. The molecule has 0 atom stereocenters. The predicted octanol–water partition coefficient (Wildman–Crippen LogP) is 5.17. The largest absolute Gasteiger partial charge is 0.416 e. The van der Waals surface area contributed by atoms with Gasteiger partial charge in [0.15, 0.2) is 0 Å². The topological polar surface area (TPSA) is 0 Å². The van der Waals surface area contributed by atoms with Crippen molar-refractivity contribution in [3.63, 3.8) is 0 Å². The molecule has 0 nitrogen and oxygen atoms in total. The molecule has 1 aromatic rings. The van der Waals surface area contributed by atoms with Crippen LogP contribution < -0.4 is 0 Å². The highest BCUT2D eigenvalue weighted by atomic mass is 19.4. The number of halogens is 3. The van der Waals surface area contributed by atoms with Crippen molar-refractivity contribution in [1.82, 2.24) is 0 Å². The summed E-state index contributed by atoms with van der Waals surface area (Å²) in [6.07, 6.45) is -0.611. The molecule has 1 aromatic carbocycles. The number of alkyl halides is 3. The molecule has 0 unspecified atom stereocenters. The maximum Gasteiger partial charge on any atom is 0.416 e. The van der Waals surface area contributed by atoms with Gasteiger partial charge in [-0.1, -0.05) is 32.1 Å². The van der Waals surface area contributed by atoms with E-state index in [-0.39, 0.29) is 5.92 Å². The van der Waals surface area contributed by atoms with E-state index in [0.717, 1.165) is 5.56 Å². The monoisotopic (exact) mass is 242 g/mol. The van der Waals surface area contributed by atoms with Crippen LogP contribution in [0, 0.1) is 6.92 Å². The Kier molecular flexibility index (Phi) is 4.02. The fraction of sp³-hybridized carbons (Fsp3) is 0.429. The average Bonchev–Trinajstić information content (AvgIpc) is 2.19. The highest BCUT2D eigenvalue weighted by molar-refractivity contribution is 5.57. The second-order valence-corrected chi connectivity index (χ2v) is 4.45. The summed E-state index contributed by atoms with van der Waals surface area (Å²) in [6, 6.07) is 2.88. The van der Waals surface area contributed by atoms with Gasteiger partial charge in [0.2, 0.25) is 0 Å². The van der Waals surface area contributed by atoms with E-state index in [1.165, 1.54) is 6.07 Å². The average molecular weight is 242 g/mol. The van der Waals surface area contributed by atoms with E-state index in [9.17, 15) is 13.2 Å². The van der Waals surface area contributed by atoms with Crippen molar-refractivity contribution in [2.45, 2.75) is 39.8 Å². The van der Waals surface area contributed by atoms with Gasteiger partial charge in [-0.05, 0) is 42.5 Å². The van der Waals surface area contributed by atoms with E-state index in [4.69, 9.17) is 0 Å². The molecule has 0 aliphatic carbocycles. The van der Waals surface area contributed by atoms with Gasteiger partial charge in [0.25, 0.3) is 0 Å². The molecule has 0 aliphatic rings. The number of aryl methyl sites for hydroxylation is 1. The van der Waals surface area contributed by atoms with E-state index in [1.54, 1.807) is 26.8 Å². The summed E-state index contributed by atoms with van der Waals surface area (Å²) in [5, 5.41) is 0. The molecule has 0 N–H and O–H groups in total. The summed E-state index contributed by atoms with van der Waals surface area (Å²) in [5.41, 5.74) is 1.35. The molecule has 0 heterocycles. The van der Waals surface area contributed by atoms with Gasteiger partial charge < -0.3 is 0 Å². The summed E-state index contributed by atoms with van der Waals surface area (Å²) >= 11 is 0. The zero-order chi connectivity index (χ0) is 13.2. The Hall–Kier alpha value is -1.25. The maximum atomic E-state index is 12.9. The molecular formula is C14H17F3. The normalized spacial score (nSPS) is 12.7. The van der Waals surface area contributed by atoms with E-state index in [1.807, 2.05) is 19.1 Å². The molecule has 94 valence electrons. The van der Waals surface area contributed by atoms with Crippen LogP contribution >= 0.6 is 0 Å². The lowest BCUT2D eigenvalue weighted by atomic mass is 9.92. The number of allylic oxidation sites excluding steroid dienone is 1. The number of hydrogen-bond donors (Lipinski definition) is 0. The molecule has 3 heteroatoms. The Labute approximate surface area is 100 Å². The van der Waals surface area contributed by atoms with Gasteiger partial charge >= 0.3 is 6.18 Å². The molecule has 0 saturated heterocycles. The molecule has 17 heavy (non-hydrogen) atoms. The molecule has 0 radical (unpaired) electrons. The summed E-state index contributed by atoms with van der Waals surface area (Å²) in [4.78, 5) is 0. The number of benzene rings is 1. The Bertz CT molecular complexity index is 426. The van der Waals surface area contributed by atoms with Crippen molar-refractivity contribution >= 4 is 6.08 Å². The Morgan fingerprint density at radius 3 is 2.18 bits per heavy atom. The number of rotatable bonds is 2. The quantitative estimate of drug-likeness (QED) is 0.671. The van der Waals surface area contributed by atoms with Gasteiger partial charge in [-0.2, -0.15) is 13.2 Å². The van der Waals surface area contributed by atoms with Gasteiger partial charge in [0.1, 0.15) is 0 Å². The first-order chi connectivity index (χ1) is 7.77.